The lowest BCUT2D eigenvalue weighted by atomic mass is 10.1. The maximum atomic E-state index is 5.85. The van der Waals surface area contributed by atoms with Gasteiger partial charge in [0, 0.05) is 24.3 Å². The number of rotatable bonds is 7. The van der Waals surface area contributed by atoms with Crippen LogP contribution in [0.2, 0.25) is 0 Å². The SMILES string of the molecule is CCCCCN(c1ccc(N)c(OC)c1)C(C)C. The molecule has 0 heterocycles. The molecule has 0 unspecified atom stereocenters. The first-order valence-electron chi connectivity index (χ1n) is 6.80. The van der Waals surface area contributed by atoms with Crippen molar-refractivity contribution < 1.29 is 4.74 Å². The second-order valence-corrected chi connectivity index (χ2v) is 4.92. The summed E-state index contributed by atoms with van der Waals surface area (Å²) < 4.78 is 5.29. The van der Waals surface area contributed by atoms with Crippen molar-refractivity contribution in [3.05, 3.63) is 18.2 Å². The van der Waals surface area contributed by atoms with Crippen LogP contribution in [-0.2, 0) is 0 Å². The van der Waals surface area contributed by atoms with Crippen LogP contribution in [0.25, 0.3) is 0 Å². The first kappa shape index (κ1) is 14.7. The van der Waals surface area contributed by atoms with Gasteiger partial charge in [-0.15, -0.1) is 0 Å². The van der Waals surface area contributed by atoms with E-state index in [1.54, 1.807) is 7.11 Å². The number of benzene rings is 1. The van der Waals surface area contributed by atoms with Crippen molar-refractivity contribution in [3.8, 4) is 5.75 Å². The van der Waals surface area contributed by atoms with Crippen LogP contribution in [0.1, 0.15) is 40.0 Å². The fourth-order valence-electron chi connectivity index (χ4n) is 2.10. The molecule has 0 aliphatic rings. The van der Waals surface area contributed by atoms with Gasteiger partial charge in [-0.3, -0.25) is 0 Å². The first-order chi connectivity index (χ1) is 8.60. The predicted octanol–water partition coefficient (Wildman–Crippen LogP) is 3.68. The fourth-order valence-corrected chi connectivity index (χ4v) is 2.10. The second kappa shape index (κ2) is 7.14. The maximum absolute atomic E-state index is 5.85. The summed E-state index contributed by atoms with van der Waals surface area (Å²) in [6, 6.07) is 6.50. The number of anilines is 2. The number of nitrogens with zero attached hydrogens (tertiary/aromatic N) is 1. The molecule has 18 heavy (non-hydrogen) atoms. The summed E-state index contributed by atoms with van der Waals surface area (Å²) in [6.45, 7) is 7.74. The third kappa shape index (κ3) is 3.83. The van der Waals surface area contributed by atoms with Crippen LogP contribution >= 0.6 is 0 Å². The molecule has 1 aromatic rings. The minimum absolute atomic E-state index is 0.482. The smallest absolute Gasteiger partial charge is 0.143 e. The van der Waals surface area contributed by atoms with Gasteiger partial charge < -0.3 is 15.4 Å². The number of unbranched alkanes of at least 4 members (excludes halogenated alkanes) is 2. The number of hydrogen-bond donors (Lipinski definition) is 1. The van der Waals surface area contributed by atoms with Crippen molar-refractivity contribution >= 4 is 11.4 Å². The first-order valence-corrected chi connectivity index (χ1v) is 6.80. The fraction of sp³-hybridized carbons (Fsp3) is 0.600. The van der Waals surface area contributed by atoms with E-state index in [9.17, 15) is 0 Å². The number of ether oxygens (including phenoxy) is 1. The Morgan fingerprint density at radius 3 is 2.56 bits per heavy atom. The van der Waals surface area contributed by atoms with Gasteiger partial charge in [0.1, 0.15) is 5.75 Å². The molecule has 0 radical (unpaired) electrons. The van der Waals surface area contributed by atoms with Crippen molar-refractivity contribution in [3.63, 3.8) is 0 Å². The molecule has 0 bridgehead atoms. The Hall–Kier alpha value is -1.38. The Bertz CT molecular complexity index is 364. The Morgan fingerprint density at radius 1 is 1.28 bits per heavy atom. The van der Waals surface area contributed by atoms with E-state index >= 15 is 0 Å². The molecule has 3 nitrogen and oxygen atoms in total. The molecule has 1 aromatic carbocycles. The minimum Gasteiger partial charge on any atom is -0.495 e. The summed E-state index contributed by atoms with van der Waals surface area (Å²) in [5.74, 6) is 0.758. The van der Waals surface area contributed by atoms with Gasteiger partial charge in [0.2, 0.25) is 0 Å². The maximum Gasteiger partial charge on any atom is 0.143 e. The van der Waals surface area contributed by atoms with E-state index in [2.05, 4.69) is 31.7 Å². The third-order valence-electron chi connectivity index (χ3n) is 3.17. The second-order valence-electron chi connectivity index (χ2n) is 4.92. The van der Waals surface area contributed by atoms with Crippen LogP contribution in [-0.4, -0.2) is 19.7 Å². The highest BCUT2D eigenvalue weighted by molar-refractivity contribution is 5.62. The largest absolute Gasteiger partial charge is 0.495 e. The van der Waals surface area contributed by atoms with E-state index in [0.29, 0.717) is 11.7 Å². The van der Waals surface area contributed by atoms with Crippen LogP contribution in [0.4, 0.5) is 11.4 Å². The van der Waals surface area contributed by atoms with Gasteiger partial charge in [-0.1, -0.05) is 19.8 Å². The average Bonchev–Trinajstić information content (AvgIpc) is 2.35. The summed E-state index contributed by atoms with van der Waals surface area (Å²) in [5, 5.41) is 0. The van der Waals surface area contributed by atoms with Crippen molar-refractivity contribution in [2.24, 2.45) is 0 Å². The lowest BCUT2D eigenvalue weighted by Gasteiger charge is -2.29. The number of methoxy groups -OCH3 is 1. The minimum atomic E-state index is 0.482. The zero-order chi connectivity index (χ0) is 13.5. The van der Waals surface area contributed by atoms with E-state index in [1.807, 2.05) is 12.1 Å². The Balaban J connectivity index is 2.84. The van der Waals surface area contributed by atoms with E-state index in [1.165, 1.54) is 24.9 Å². The average molecular weight is 250 g/mol. The highest BCUT2D eigenvalue weighted by Gasteiger charge is 2.12. The molecule has 0 saturated carbocycles. The zero-order valence-corrected chi connectivity index (χ0v) is 12.1. The quantitative estimate of drug-likeness (QED) is 0.592. The summed E-state index contributed by atoms with van der Waals surface area (Å²) in [5.41, 5.74) is 7.73. The van der Waals surface area contributed by atoms with Gasteiger partial charge in [-0.05, 0) is 32.4 Å². The van der Waals surface area contributed by atoms with Crippen molar-refractivity contribution in [1.29, 1.82) is 0 Å². The lowest BCUT2D eigenvalue weighted by molar-refractivity contribution is 0.417. The molecule has 0 aliphatic heterocycles. The molecule has 3 heteroatoms. The van der Waals surface area contributed by atoms with Gasteiger partial charge in [0.15, 0.2) is 0 Å². The number of nitrogens with two attached hydrogens (primary N) is 1. The van der Waals surface area contributed by atoms with Crippen LogP contribution < -0.4 is 15.4 Å². The molecule has 0 fully saturated rings. The zero-order valence-electron chi connectivity index (χ0n) is 12.1. The molecule has 0 aliphatic carbocycles. The van der Waals surface area contributed by atoms with Crippen molar-refractivity contribution in [2.45, 2.75) is 46.1 Å². The van der Waals surface area contributed by atoms with E-state index in [0.717, 1.165) is 12.3 Å². The van der Waals surface area contributed by atoms with Crippen molar-refractivity contribution in [2.75, 3.05) is 24.3 Å². The van der Waals surface area contributed by atoms with Crippen LogP contribution in [0, 0.1) is 0 Å². The Morgan fingerprint density at radius 2 is 2.00 bits per heavy atom. The molecule has 2 N–H and O–H groups in total. The Labute approximate surface area is 111 Å². The van der Waals surface area contributed by atoms with Gasteiger partial charge in [-0.25, -0.2) is 0 Å². The molecule has 0 aromatic heterocycles. The van der Waals surface area contributed by atoms with Gasteiger partial charge >= 0.3 is 0 Å². The van der Waals surface area contributed by atoms with Crippen molar-refractivity contribution in [1.82, 2.24) is 0 Å². The normalized spacial score (nSPS) is 10.7. The highest BCUT2D eigenvalue weighted by Crippen LogP contribution is 2.28. The molecule has 0 amide bonds. The van der Waals surface area contributed by atoms with Crippen LogP contribution in [0.3, 0.4) is 0 Å². The molecule has 102 valence electrons. The lowest BCUT2D eigenvalue weighted by Crippen LogP contribution is -2.31. The molecule has 0 atom stereocenters. The third-order valence-corrected chi connectivity index (χ3v) is 3.17. The monoisotopic (exact) mass is 250 g/mol. The topological polar surface area (TPSA) is 38.5 Å². The number of nitrogen functional groups attached to an aromatic ring is 1. The molecule has 0 saturated heterocycles. The standard InChI is InChI=1S/C15H26N2O/c1-5-6-7-10-17(12(2)3)13-8-9-14(16)15(11-13)18-4/h8-9,11-12H,5-7,10,16H2,1-4H3. The summed E-state index contributed by atoms with van der Waals surface area (Å²) in [4.78, 5) is 2.40. The summed E-state index contributed by atoms with van der Waals surface area (Å²) >= 11 is 0. The van der Waals surface area contributed by atoms with E-state index < -0.39 is 0 Å². The predicted molar refractivity (Wildman–Crippen MR) is 79.4 cm³/mol. The Kier molecular flexibility index (Phi) is 5.83. The van der Waals surface area contributed by atoms with Gasteiger partial charge in [0.25, 0.3) is 0 Å². The van der Waals surface area contributed by atoms with E-state index in [-0.39, 0.29) is 0 Å². The summed E-state index contributed by atoms with van der Waals surface area (Å²) in [6.07, 6.45) is 3.74. The molecular formula is C15H26N2O. The van der Waals surface area contributed by atoms with Gasteiger partial charge in [-0.2, -0.15) is 0 Å². The molecule has 0 spiro atoms. The van der Waals surface area contributed by atoms with Crippen LogP contribution in [0.5, 0.6) is 5.75 Å². The van der Waals surface area contributed by atoms with E-state index in [4.69, 9.17) is 10.5 Å². The molecular weight excluding hydrogens is 224 g/mol. The summed E-state index contributed by atoms with van der Waals surface area (Å²) in [7, 11) is 1.66. The van der Waals surface area contributed by atoms with Crippen LogP contribution in [0.15, 0.2) is 18.2 Å². The molecule has 1 rings (SSSR count). The number of hydrogen-bond acceptors (Lipinski definition) is 3. The van der Waals surface area contributed by atoms with Gasteiger partial charge in [0.05, 0.1) is 12.8 Å². The highest BCUT2D eigenvalue weighted by atomic mass is 16.5.